The monoisotopic (exact) mass is 583 g/mol. The molecule has 1 aromatic carbocycles. The first-order valence-corrected chi connectivity index (χ1v) is 15.6. The Hall–Kier alpha value is -3.60. The van der Waals surface area contributed by atoms with E-state index in [0.717, 1.165) is 29.1 Å². The molecule has 2 aromatic heterocycles. The Bertz CT molecular complexity index is 1500. The Kier molecular flexibility index (Phi) is 8.14. The average molecular weight is 584 g/mol. The van der Waals surface area contributed by atoms with E-state index in [4.69, 9.17) is 9.40 Å². The van der Waals surface area contributed by atoms with Crippen LogP contribution in [0.1, 0.15) is 52.5 Å². The Morgan fingerprint density at radius 3 is 2.22 bits per heavy atom. The number of carboxylic acid groups (broad SMARTS) is 1. The smallest absolute Gasteiger partial charge is 0.408 e. The summed E-state index contributed by atoms with van der Waals surface area (Å²) in [4.78, 5) is 25.6. The van der Waals surface area contributed by atoms with Crippen molar-refractivity contribution in [3.63, 3.8) is 0 Å². The predicted molar refractivity (Wildman–Crippen MR) is 161 cm³/mol. The normalized spacial score (nSPS) is 18.4. The summed E-state index contributed by atoms with van der Waals surface area (Å²) in [5, 5.41) is 10.4. The Labute approximate surface area is 243 Å². The van der Waals surface area contributed by atoms with Crippen molar-refractivity contribution >= 4 is 27.8 Å². The van der Waals surface area contributed by atoms with E-state index in [1.54, 1.807) is 6.07 Å². The van der Waals surface area contributed by atoms with Gasteiger partial charge in [-0.1, -0.05) is 37.3 Å². The van der Waals surface area contributed by atoms with Crippen LogP contribution in [-0.4, -0.2) is 66.9 Å². The van der Waals surface area contributed by atoms with Crippen LogP contribution < -0.4 is 9.21 Å². The van der Waals surface area contributed by atoms with Crippen LogP contribution in [-0.2, 0) is 22.0 Å². The number of hydrogen-bond acceptors (Lipinski definition) is 7. The van der Waals surface area contributed by atoms with Crippen molar-refractivity contribution in [3.8, 4) is 11.3 Å². The molecule has 0 saturated heterocycles. The van der Waals surface area contributed by atoms with Crippen LogP contribution in [0.25, 0.3) is 11.3 Å². The molecule has 1 aliphatic carbocycles. The van der Waals surface area contributed by atoms with E-state index < -0.39 is 27.2 Å². The standard InChI is InChI=1S/C30H41N5O5S/c1-20-14-23(20)18-33(6)25-15-22(16-26(32-25)34(7)41(8,38)39)24-19-40-27(31-24)30(5,17-21-12-10-9-11-13-21)35(28(36)37)29(2,3)4/h9-13,15-16,19-20,23H,14,17-18H2,1-8H3,(H,36,37). The highest BCUT2D eigenvalue weighted by Crippen LogP contribution is 2.40. The summed E-state index contributed by atoms with van der Waals surface area (Å²) in [5.41, 5.74) is 0.0982. The van der Waals surface area contributed by atoms with Gasteiger partial charge in [0.25, 0.3) is 0 Å². The van der Waals surface area contributed by atoms with Crippen molar-refractivity contribution in [1.29, 1.82) is 0 Å². The van der Waals surface area contributed by atoms with E-state index in [2.05, 4.69) is 11.9 Å². The third kappa shape index (κ3) is 6.66. The molecule has 1 saturated carbocycles. The van der Waals surface area contributed by atoms with Gasteiger partial charge in [0, 0.05) is 38.2 Å². The molecule has 3 unspecified atom stereocenters. The van der Waals surface area contributed by atoms with Crippen molar-refractivity contribution in [2.75, 3.05) is 36.1 Å². The van der Waals surface area contributed by atoms with Crippen LogP contribution >= 0.6 is 0 Å². The van der Waals surface area contributed by atoms with Crippen LogP contribution in [0.5, 0.6) is 0 Å². The van der Waals surface area contributed by atoms with Crippen molar-refractivity contribution in [2.45, 2.75) is 58.5 Å². The summed E-state index contributed by atoms with van der Waals surface area (Å²) in [6, 6.07) is 13.2. The van der Waals surface area contributed by atoms with E-state index in [1.807, 2.05) is 76.0 Å². The second-order valence-corrected chi connectivity index (χ2v) is 14.4. The third-order valence-electron chi connectivity index (χ3n) is 7.80. The first-order valence-electron chi connectivity index (χ1n) is 13.7. The van der Waals surface area contributed by atoms with Gasteiger partial charge in [-0.15, -0.1) is 0 Å². The zero-order valence-electron chi connectivity index (χ0n) is 25.1. The number of oxazole rings is 1. The molecular weight excluding hydrogens is 542 g/mol. The highest BCUT2D eigenvalue weighted by atomic mass is 32.2. The minimum Gasteiger partial charge on any atom is -0.465 e. The Morgan fingerprint density at radius 1 is 1.07 bits per heavy atom. The molecule has 1 fully saturated rings. The number of aromatic nitrogens is 2. The number of hydrogen-bond donors (Lipinski definition) is 1. The molecule has 1 N–H and O–H groups in total. The molecule has 4 rings (SSSR count). The van der Waals surface area contributed by atoms with Crippen LogP contribution in [0.3, 0.4) is 0 Å². The van der Waals surface area contributed by atoms with Gasteiger partial charge in [-0.2, -0.15) is 0 Å². The second-order valence-electron chi connectivity index (χ2n) is 12.4. The molecule has 0 bridgehead atoms. The maximum atomic E-state index is 12.7. The molecule has 0 spiro atoms. The quantitative estimate of drug-likeness (QED) is 0.334. The number of amides is 1. The summed E-state index contributed by atoms with van der Waals surface area (Å²) >= 11 is 0. The third-order valence-corrected chi connectivity index (χ3v) is 8.98. The molecule has 0 radical (unpaired) electrons. The molecule has 222 valence electrons. The van der Waals surface area contributed by atoms with Crippen molar-refractivity contribution in [3.05, 3.63) is 60.2 Å². The maximum Gasteiger partial charge on any atom is 0.408 e. The molecule has 3 atom stereocenters. The van der Waals surface area contributed by atoms with Crippen LogP contribution in [0.15, 0.2) is 53.1 Å². The van der Waals surface area contributed by atoms with E-state index >= 15 is 0 Å². The number of carbonyl (C=O) groups is 1. The zero-order valence-corrected chi connectivity index (χ0v) is 25.9. The number of pyridine rings is 1. The first kappa shape index (κ1) is 30.4. The number of nitrogens with zero attached hydrogens (tertiary/aromatic N) is 5. The minimum atomic E-state index is -3.57. The van der Waals surface area contributed by atoms with Gasteiger partial charge in [-0.05, 0) is 63.6 Å². The largest absolute Gasteiger partial charge is 0.465 e. The molecule has 11 heteroatoms. The van der Waals surface area contributed by atoms with Gasteiger partial charge in [-0.25, -0.2) is 23.2 Å². The Morgan fingerprint density at radius 2 is 1.68 bits per heavy atom. The van der Waals surface area contributed by atoms with Gasteiger partial charge in [0.1, 0.15) is 29.1 Å². The summed E-state index contributed by atoms with van der Waals surface area (Å²) in [6.07, 6.45) is 3.03. The molecular formula is C30H41N5O5S. The molecule has 41 heavy (non-hydrogen) atoms. The lowest BCUT2D eigenvalue weighted by molar-refractivity contribution is 0.00792. The fraction of sp³-hybridized carbons (Fsp3) is 0.500. The van der Waals surface area contributed by atoms with Gasteiger partial charge in [0.05, 0.1) is 6.26 Å². The highest BCUT2D eigenvalue weighted by molar-refractivity contribution is 7.92. The van der Waals surface area contributed by atoms with Gasteiger partial charge in [0.2, 0.25) is 15.9 Å². The lowest BCUT2D eigenvalue weighted by Crippen LogP contribution is -2.57. The number of anilines is 2. The second kappa shape index (κ2) is 11.0. The lowest BCUT2D eigenvalue weighted by Gasteiger charge is -2.45. The van der Waals surface area contributed by atoms with Crippen LogP contribution in [0, 0.1) is 11.8 Å². The highest BCUT2D eigenvalue weighted by Gasteiger charge is 2.47. The number of sulfonamides is 1. The van der Waals surface area contributed by atoms with Gasteiger partial charge < -0.3 is 14.4 Å². The Balaban J connectivity index is 1.82. The molecule has 10 nitrogen and oxygen atoms in total. The van der Waals surface area contributed by atoms with Crippen LogP contribution in [0.4, 0.5) is 16.4 Å². The number of benzene rings is 1. The first-order chi connectivity index (χ1) is 19.0. The van der Waals surface area contributed by atoms with Gasteiger partial charge in [0.15, 0.2) is 0 Å². The summed E-state index contributed by atoms with van der Waals surface area (Å²) in [6.45, 7) is 10.4. The summed E-state index contributed by atoms with van der Waals surface area (Å²) in [5.74, 6) is 2.34. The van der Waals surface area contributed by atoms with Gasteiger partial charge in [-0.3, -0.25) is 9.21 Å². The average Bonchev–Trinajstić information content (AvgIpc) is 3.34. The van der Waals surface area contributed by atoms with Crippen molar-refractivity contribution in [2.24, 2.45) is 11.8 Å². The maximum absolute atomic E-state index is 12.7. The van der Waals surface area contributed by atoms with Gasteiger partial charge >= 0.3 is 6.09 Å². The SMILES string of the molecule is CC1CC1CN(C)c1cc(-c2coc(C(C)(Cc3ccccc3)N(C(=O)O)C(C)(C)C)n2)cc(N(C)S(C)(=O)=O)n1. The predicted octanol–water partition coefficient (Wildman–Crippen LogP) is 5.46. The molecule has 1 amide bonds. The number of rotatable bonds is 10. The van der Waals surface area contributed by atoms with E-state index in [-0.39, 0.29) is 11.7 Å². The van der Waals surface area contributed by atoms with Crippen LogP contribution in [0.2, 0.25) is 0 Å². The van der Waals surface area contributed by atoms with Crippen molar-refractivity contribution < 1.29 is 22.7 Å². The zero-order chi connectivity index (χ0) is 30.3. The van der Waals surface area contributed by atoms with Crippen molar-refractivity contribution in [1.82, 2.24) is 14.9 Å². The topological polar surface area (TPSA) is 120 Å². The van der Waals surface area contributed by atoms with E-state index in [1.165, 1.54) is 18.2 Å². The summed E-state index contributed by atoms with van der Waals surface area (Å²) < 4.78 is 32.0. The molecule has 0 aliphatic heterocycles. The fourth-order valence-electron chi connectivity index (χ4n) is 5.41. The molecule has 3 aromatic rings. The molecule has 1 aliphatic rings. The van der Waals surface area contributed by atoms with E-state index in [9.17, 15) is 18.3 Å². The van der Waals surface area contributed by atoms with E-state index in [0.29, 0.717) is 35.3 Å². The minimum absolute atomic E-state index is 0.241. The fourth-order valence-corrected chi connectivity index (χ4v) is 5.84. The lowest BCUT2D eigenvalue weighted by atomic mass is 9.87. The summed E-state index contributed by atoms with van der Waals surface area (Å²) in [7, 11) is -0.159. The molecule has 2 heterocycles.